The summed E-state index contributed by atoms with van der Waals surface area (Å²) in [4.78, 5) is 0. The van der Waals surface area contributed by atoms with Crippen molar-refractivity contribution in [1.29, 1.82) is 0 Å². The molecule has 1 aromatic heterocycles. The quantitative estimate of drug-likeness (QED) is 0.747. The van der Waals surface area contributed by atoms with Crippen LogP contribution in [-0.2, 0) is 0 Å². The molecule has 1 aromatic carbocycles. The second-order valence-corrected chi connectivity index (χ2v) is 3.24. The normalized spacial score (nSPS) is 12.0. The first-order valence-corrected chi connectivity index (χ1v) is 4.25. The molecule has 0 radical (unpaired) electrons. The van der Waals surface area contributed by atoms with Gasteiger partial charge in [-0.15, -0.1) is 13.2 Å². The molecular weight excluding hydrogens is 233 g/mol. The van der Waals surface area contributed by atoms with E-state index in [2.05, 4.69) is 4.74 Å². The maximum Gasteiger partial charge on any atom is 0.573 e. The van der Waals surface area contributed by atoms with Crippen molar-refractivity contribution in [2.75, 3.05) is 0 Å². The molecule has 0 spiro atoms. The summed E-state index contributed by atoms with van der Waals surface area (Å²) in [6, 6.07) is 2.52. The third kappa shape index (κ3) is 2.18. The van der Waals surface area contributed by atoms with Gasteiger partial charge in [-0.1, -0.05) is 11.6 Å². The van der Waals surface area contributed by atoms with Crippen molar-refractivity contribution in [2.45, 2.75) is 6.36 Å². The molecule has 0 bridgehead atoms. The number of furan rings is 1. The molecule has 0 atom stereocenters. The molecule has 0 aliphatic rings. The van der Waals surface area contributed by atoms with Crippen LogP contribution in [0, 0.1) is 0 Å². The van der Waals surface area contributed by atoms with Gasteiger partial charge in [0, 0.05) is 10.8 Å². The van der Waals surface area contributed by atoms with Gasteiger partial charge in [0.25, 0.3) is 0 Å². The van der Waals surface area contributed by atoms with E-state index < -0.39 is 12.1 Å². The fourth-order valence-corrected chi connectivity index (χ4v) is 1.38. The standard InChI is InChI=1S/C9H4ClF3O2/c10-7-1-5-3-14-4-6(5)2-8(7)15-9(11,12)13/h1-4H. The van der Waals surface area contributed by atoms with Gasteiger partial charge in [-0.25, -0.2) is 0 Å². The topological polar surface area (TPSA) is 22.4 Å². The first kappa shape index (κ1) is 10.2. The summed E-state index contributed by atoms with van der Waals surface area (Å²) in [6.07, 6.45) is -2.05. The molecule has 0 saturated carbocycles. The van der Waals surface area contributed by atoms with Crippen LogP contribution in [0.5, 0.6) is 5.75 Å². The molecule has 0 aliphatic carbocycles. The maximum absolute atomic E-state index is 11.9. The van der Waals surface area contributed by atoms with Gasteiger partial charge in [-0.05, 0) is 12.1 Å². The summed E-state index contributed by atoms with van der Waals surface area (Å²) in [5.74, 6) is -0.432. The van der Waals surface area contributed by atoms with Gasteiger partial charge in [-0.2, -0.15) is 0 Å². The molecule has 2 nitrogen and oxygen atoms in total. The van der Waals surface area contributed by atoms with Gasteiger partial charge in [0.05, 0.1) is 17.5 Å². The van der Waals surface area contributed by atoms with Gasteiger partial charge in [0.1, 0.15) is 5.75 Å². The Kier molecular flexibility index (Phi) is 2.26. The highest BCUT2D eigenvalue weighted by molar-refractivity contribution is 6.32. The molecule has 80 valence electrons. The number of fused-ring (bicyclic) bond motifs is 1. The number of hydrogen-bond donors (Lipinski definition) is 0. The van der Waals surface area contributed by atoms with Crippen molar-refractivity contribution in [2.24, 2.45) is 0 Å². The van der Waals surface area contributed by atoms with Gasteiger partial charge in [0.15, 0.2) is 0 Å². The Morgan fingerprint density at radius 2 is 1.73 bits per heavy atom. The Balaban J connectivity index is 2.46. The van der Waals surface area contributed by atoms with Crippen LogP contribution >= 0.6 is 11.6 Å². The van der Waals surface area contributed by atoms with E-state index in [0.717, 1.165) is 0 Å². The molecule has 0 fully saturated rings. The van der Waals surface area contributed by atoms with Gasteiger partial charge < -0.3 is 9.15 Å². The van der Waals surface area contributed by atoms with Crippen LogP contribution in [0.4, 0.5) is 13.2 Å². The Labute approximate surface area is 87.2 Å². The zero-order valence-electron chi connectivity index (χ0n) is 7.14. The summed E-state index contributed by atoms with van der Waals surface area (Å²) >= 11 is 5.60. The molecule has 0 aliphatic heterocycles. The Morgan fingerprint density at radius 3 is 2.33 bits per heavy atom. The molecule has 1 heterocycles. The first-order chi connectivity index (χ1) is 6.96. The number of halogens is 4. The highest BCUT2D eigenvalue weighted by Gasteiger charge is 2.32. The maximum atomic E-state index is 11.9. The first-order valence-electron chi connectivity index (χ1n) is 3.87. The lowest BCUT2D eigenvalue weighted by Gasteiger charge is -2.09. The van der Waals surface area contributed by atoms with E-state index in [0.29, 0.717) is 10.8 Å². The summed E-state index contributed by atoms with van der Waals surface area (Å²) in [5.41, 5.74) is 0. The van der Waals surface area contributed by atoms with Gasteiger partial charge in [0.2, 0.25) is 0 Å². The lowest BCUT2D eigenvalue weighted by atomic mass is 10.2. The zero-order chi connectivity index (χ0) is 11.1. The van der Waals surface area contributed by atoms with E-state index in [1.807, 2.05) is 0 Å². The second-order valence-electron chi connectivity index (χ2n) is 2.83. The molecule has 0 N–H and O–H groups in total. The third-order valence-corrected chi connectivity index (χ3v) is 2.05. The van der Waals surface area contributed by atoms with Gasteiger partial charge >= 0.3 is 6.36 Å². The average molecular weight is 237 g/mol. The van der Waals surface area contributed by atoms with Crippen molar-refractivity contribution < 1.29 is 22.3 Å². The number of alkyl halides is 3. The molecule has 2 aromatic rings. The van der Waals surface area contributed by atoms with E-state index in [1.54, 1.807) is 0 Å². The molecule has 0 saturated heterocycles. The second kappa shape index (κ2) is 3.34. The summed E-state index contributed by atoms with van der Waals surface area (Å²) in [5, 5.41) is 1.01. The number of rotatable bonds is 1. The summed E-state index contributed by atoms with van der Waals surface area (Å²) in [6.45, 7) is 0. The molecule has 6 heteroatoms. The van der Waals surface area contributed by atoms with Crippen molar-refractivity contribution in [3.05, 3.63) is 29.7 Å². The summed E-state index contributed by atoms with van der Waals surface area (Å²) < 4.78 is 44.4. The SMILES string of the molecule is FC(F)(F)Oc1cc2cocc2cc1Cl. The number of ether oxygens (including phenoxy) is 1. The van der Waals surface area contributed by atoms with E-state index in [4.69, 9.17) is 16.0 Å². The Morgan fingerprint density at radius 1 is 1.13 bits per heavy atom. The van der Waals surface area contributed by atoms with Crippen LogP contribution in [0.25, 0.3) is 10.8 Å². The fourth-order valence-electron chi connectivity index (χ4n) is 1.17. The monoisotopic (exact) mass is 236 g/mol. The number of benzene rings is 1. The molecule has 0 unspecified atom stereocenters. The predicted molar refractivity (Wildman–Crippen MR) is 47.9 cm³/mol. The van der Waals surface area contributed by atoms with Crippen LogP contribution in [-0.4, -0.2) is 6.36 Å². The zero-order valence-corrected chi connectivity index (χ0v) is 7.89. The van der Waals surface area contributed by atoms with E-state index in [1.165, 1.54) is 24.7 Å². The van der Waals surface area contributed by atoms with Crippen LogP contribution in [0.2, 0.25) is 5.02 Å². The smallest absolute Gasteiger partial charge is 0.471 e. The third-order valence-electron chi connectivity index (χ3n) is 1.75. The molecule has 15 heavy (non-hydrogen) atoms. The van der Waals surface area contributed by atoms with Crippen molar-refractivity contribution in [3.8, 4) is 5.75 Å². The van der Waals surface area contributed by atoms with E-state index in [-0.39, 0.29) is 5.02 Å². The van der Waals surface area contributed by atoms with E-state index in [9.17, 15) is 13.2 Å². The van der Waals surface area contributed by atoms with Crippen molar-refractivity contribution in [3.63, 3.8) is 0 Å². The minimum Gasteiger partial charge on any atom is -0.471 e. The molecule has 2 rings (SSSR count). The van der Waals surface area contributed by atoms with E-state index >= 15 is 0 Å². The van der Waals surface area contributed by atoms with Crippen LogP contribution in [0.15, 0.2) is 29.1 Å². The van der Waals surface area contributed by atoms with Crippen LogP contribution < -0.4 is 4.74 Å². The largest absolute Gasteiger partial charge is 0.573 e. The highest BCUT2D eigenvalue weighted by Crippen LogP contribution is 2.34. The van der Waals surface area contributed by atoms with Crippen LogP contribution in [0.1, 0.15) is 0 Å². The van der Waals surface area contributed by atoms with Crippen molar-refractivity contribution in [1.82, 2.24) is 0 Å². The Bertz CT molecular complexity index is 490. The van der Waals surface area contributed by atoms with Crippen molar-refractivity contribution >= 4 is 22.4 Å². The summed E-state index contributed by atoms with van der Waals surface area (Å²) in [7, 11) is 0. The molecular formula is C9H4ClF3O2. The number of hydrogen-bond acceptors (Lipinski definition) is 2. The minimum absolute atomic E-state index is 0.110. The predicted octanol–water partition coefficient (Wildman–Crippen LogP) is 3.98. The highest BCUT2D eigenvalue weighted by atomic mass is 35.5. The van der Waals surface area contributed by atoms with Crippen LogP contribution in [0.3, 0.4) is 0 Å². The lowest BCUT2D eigenvalue weighted by molar-refractivity contribution is -0.274. The lowest BCUT2D eigenvalue weighted by Crippen LogP contribution is -2.17. The van der Waals surface area contributed by atoms with Gasteiger partial charge in [-0.3, -0.25) is 0 Å². The average Bonchev–Trinajstić information content (AvgIpc) is 2.49. The Hall–Kier alpha value is -1.36. The minimum atomic E-state index is -4.75. The molecule has 0 amide bonds. The fraction of sp³-hybridized carbons (Fsp3) is 0.111.